The Kier molecular flexibility index (Phi) is 4.79. The van der Waals surface area contributed by atoms with Gasteiger partial charge in [-0.2, -0.15) is 5.26 Å². The Morgan fingerprint density at radius 1 is 1.19 bits per heavy atom. The lowest BCUT2D eigenvalue weighted by Gasteiger charge is -2.07. The van der Waals surface area contributed by atoms with Gasteiger partial charge in [0.05, 0.1) is 27.7 Å². The molecule has 21 heavy (non-hydrogen) atoms. The summed E-state index contributed by atoms with van der Waals surface area (Å²) < 4.78 is 13.0. The highest BCUT2D eigenvalue weighted by molar-refractivity contribution is 6.42. The third-order valence-electron chi connectivity index (χ3n) is 2.72. The normalized spacial score (nSPS) is 10.0. The van der Waals surface area contributed by atoms with Crippen LogP contribution in [0.2, 0.25) is 10.0 Å². The summed E-state index contributed by atoms with van der Waals surface area (Å²) in [6, 6.07) is 10.3. The van der Waals surface area contributed by atoms with Crippen molar-refractivity contribution in [3.63, 3.8) is 0 Å². The van der Waals surface area contributed by atoms with Crippen LogP contribution in [0.1, 0.15) is 11.1 Å². The molecule has 0 aromatic heterocycles. The molecule has 2 aromatic rings. The van der Waals surface area contributed by atoms with Crippen LogP contribution in [0.3, 0.4) is 0 Å². The topological polar surface area (TPSA) is 52.9 Å². The maximum atomic E-state index is 13.0. The summed E-state index contributed by atoms with van der Waals surface area (Å²) in [7, 11) is 0. The lowest BCUT2D eigenvalue weighted by Crippen LogP contribution is -2.15. The highest BCUT2D eigenvalue weighted by Crippen LogP contribution is 2.23. The Bertz CT molecular complexity index is 741. The number of carbonyl (C=O) groups excluding carboxylic acids is 1. The number of nitrogens with one attached hydrogen (secondary N) is 1. The maximum absolute atomic E-state index is 13.0. The summed E-state index contributed by atoms with van der Waals surface area (Å²) in [5.41, 5.74) is 1.02. The molecule has 0 unspecified atom stereocenters. The Morgan fingerprint density at radius 3 is 2.62 bits per heavy atom. The van der Waals surface area contributed by atoms with E-state index in [0.29, 0.717) is 15.6 Å². The number of hydrogen-bond acceptors (Lipinski definition) is 2. The molecule has 1 amide bonds. The Labute approximate surface area is 130 Å². The molecule has 0 saturated carbocycles. The Balaban J connectivity index is 2.12. The predicted octanol–water partition coefficient (Wildman–Crippen LogP) is 4.19. The van der Waals surface area contributed by atoms with Crippen molar-refractivity contribution in [3.8, 4) is 6.07 Å². The molecular formula is C15H9Cl2FN2O. The number of hydrogen-bond donors (Lipinski definition) is 1. The second-order valence-electron chi connectivity index (χ2n) is 4.28. The Hall–Kier alpha value is -2.09. The molecule has 0 radical (unpaired) electrons. The number of nitrogens with zero attached hydrogens (tertiary/aromatic N) is 1. The van der Waals surface area contributed by atoms with Crippen LogP contribution in [0.15, 0.2) is 36.4 Å². The van der Waals surface area contributed by atoms with Gasteiger partial charge in [-0.25, -0.2) is 4.39 Å². The zero-order valence-electron chi connectivity index (χ0n) is 10.7. The molecule has 0 saturated heterocycles. The van der Waals surface area contributed by atoms with Gasteiger partial charge in [-0.05, 0) is 35.9 Å². The van der Waals surface area contributed by atoms with E-state index in [1.807, 2.05) is 6.07 Å². The van der Waals surface area contributed by atoms with Crippen molar-refractivity contribution < 1.29 is 9.18 Å². The zero-order valence-corrected chi connectivity index (χ0v) is 12.2. The average Bonchev–Trinajstić information content (AvgIpc) is 2.44. The minimum Gasteiger partial charge on any atom is -0.325 e. The van der Waals surface area contributed by atoms with E-state index in [1.165, 1.54) is 12.1 Å². The van der Waals surface area contributed by atoms with Gasteiger partial charge in [-0.15, -0.1) is 0 Å². The lowest BCUT2D eigenvalue weighted by molar-refractivity contribution is -0.115. The summed E-state index contributed by atoms with van der Waals surface area (Å²) in [6.07, 6.45) is 0.0686. The molecule has 2 rings (SSSR count). The quantitative estimate of drug-likeness (QED) is 0.921. The van der Waals surface area contributed by atoms with Crippen LogP contribution in [0.5, 0.6) is 0 Å². The van der Waals surface area contributed by atoms with Crippen LogP contribution >= 0.6 is 23.2 Å². The molecule has 3 nitrogen and oxygen atoms in total. The number of rotatable bonds is 3. The first-order valence-electron chi connectivity index (χ1n) is 5.93. The molecule has 0 aliphatic rings. The largest absolute Gasteiger partial charge is 0.325 e. The van der Waals surface area contributed by atoms with Crippen molar-refractivity contribution in [3.05, 3.63) is 63.4 Å². The van der Waals surface area contributed by atoms with E-state index in [2.05, 4.69) is 5.32 Å². The van der Waals surface area contributed by atoms with E-state index in [9.17, 15) is 9.18 Å². The second kappa shape index (κ2) is 6.57. The molecule has 1 N–H and O–H groups in total. The fourth-order valence-electron chi connectivity index (χ4n) is 1.75. The first kappa shape index (κ1) is 15.3. The van der Waals surface area contributed by atoms with Gasteiger partial charge < -0.3 is 5.32 Å². The van der Waals surface area contributed by atoms with Crippen molar-refractivity contribution in [1.29, 1.82) is 5.26 Å². The molecule has 2 aromatic carbocycles. The van der Waals surface area contributed by atoms with Gasteiger partial charge in [0.25, 0.3) is 0 Å². The van der Waals surface area contributed by atoms with Crippen LogP contribution < -0.4 is 5.32 Å². The molecule has 0 bridgehead atoms. The molecule has 0 heterocycles. The summed E-state index contributed by atoms with van der Waals surface area (Å²) in [5, 5.41) is 12.3. The highest BCUT2D eigenvalue weighted by atomic mass is 35.5. The molecule has 0 aliphatic heterocycles. The molecule has 0 spiro atoms. The first-order valence-corrected chi connectivity index (χ1v) is 6.68. The molecule has 106 valence electrons. The van der Waals surface area contributed by atoms with Gasteiger partial charge in [-0.1, -0.05) is 29.3 Å². The number of nitriles is 1. The van der Waals surface area contributed by atoms with Crippen molar-refractivity contribution >= 4 is 34.8 Å². The number of halogens is 3. The number of carbonyl (C=O) groups is 1. The fraction of sp³-hybridized carbons (Fsp3) is 0.0667. The number of benzene rings is 2. The smallest absolute Gasteiger partial charge is 0.228 e. The lowest BCUT2D eigenvalue weighted by atomic mass is 10.1. The summed E-state index contributed by atoms with van der Waals surface area (Å²) in [4.78, 5) is 11.9. The summed E-state index contributed by atoms with van der Waals surface area (Å²) in [6.45, 7) is 0. The van der Waals surface area contributed by atoms with Gasteiger partial charge in [0.15, 0.2) is 0 Å². The molecule has 0 atom stereocenters. The maximum Gasteiger partial charge on any atom is 0.228 e. The van der Waals surface area contributed by atoms with Crippen molar-refractivity contribution in [1.82, 2.24) is 0 Å². The third-order valence-corrected chi connectivity index (χ3v) is 3.46. The number of anilines is 1. The van der Waals surface area contributed by atoms with Crippen LogP contribution in [0.4, 0.5) is 10.1 Å². The van der Waals surface area contributed by atoms with E-state index >= 15 is 0 Å². The summed E-state index contributed by atoms with van der Waals surface area (Å²) >= 11 is 11.7. The molecule has 0 aliphatic carbocycles. The van der Waals surface area contributed by atoms with Gasteiger partial charge in [-0.3, -0.25) is 4.79 Å². The van der Waals surface area contributed by atoms with E-state index < -0.39 is 5.82 Å². The highest BCUT2D eigenvalue weighted by Gasteiger charge is 2.09. The minimum atomic E-state index is -0.533. The van der Waals surface area contributed by atoms with Crippen LogP contribution in [-0.2, 0) is 11.2 Å². The van der Waals surface area contributed by atoms with Crippen LogP contribution in [0, 0.1) is 17.1 Å². The molecular weight excluding hydrogens is 314 g/mol. The van der Waals surface area contributed by atoms with E-state index in [0.717, 1.165) is 6.07 Å². The molecule has 0 fully saturated rings. The minimum absolute atomic E-state index is 0.0671. The van der Waals surface area contributed by atoms with E-state index in [-0.39, 0.29) is 23.6 Å². The first-order chi connectivity index (χ1) is 9.99. The van der Waals surface area contributed by atoms with Crippen molar-refractivity contribution in [2.24, 2.45) is 0 Å². The summed E-state index contributed by atoms with van der Waals surface area (Å²) in [5.74, 6) is -0.870. The Morgan fingerprint density at radius 2 is 1.95 bits per heavy atom. The second-order valence-corrected chi connectivity index (χ2v) is 5.09. The SMILES string of the molecule is N#Cc1cc(F)ccc1NC(=O)Cc1ccc(Cl)c(Cl)c1. The van der Waals surface area contributed by atoms with Crippen molar-refractivity contribution in [2.45, 2.75) is 6.42 Å². The average molecular weight is 323 g/mol. The number of amides is 1. The standard InChI is InChI=1S/C15H9Cl2FN2O/c16-12-3-1-9(5-13(12)17)6-15(21)20-14-4-2-11(18)7-10(14)8-19/h1-5,7H,6H2,(H,20,21). The van der Waals surface area contributed by atoms with Gasteiger partial charge in [0.1, 0.15) is 11.9 Å². The van der Waals surface area contributed by atoms with Crippen molar-refractivity contribution in [2.75, 3.05) is 5.32 Å². The third kappa shape index (κ3) is 3.94. The van der Waals surface area contributed by atoms with E-state index in [4.69, 9.17) is 28.5 Å². The monoisotopic (exact) mass is 322 g/mol. The fourth-order valence-corrected chi connectivity index (χ4v) is 2.07. The van der Waals surface area contributed by atoms with Crippen LogP contribution in [-0.4, -0.2) is 5.91 Å². The van der Waals surface area contributed by atoms with Gasteiger partial charge in [0.2, 0.25) is 5.91 Å². The zero-order chi connectivity index (χ0) is 15.4. The van der Waals surface area contributed by atoms with E-state index in [1.54, 1.807) is 18.2 Å². The molecule has 6 heteroatoms. The van der Waals surface area contributed by atoms with Gasteiger partial charge >= 0.3 is 0 Å². The van der Waals surface area contributed by atoms with Gasteiger partial charge in [0, 0.05) is 0 Å². The predicted molar refractivity (Wildman–Crippen MR) is 79.9 cm³/mol. The van der Waals surface area contributed by atoms with Crippen LogP contribution in [0.25, 0.3) is 0 Å².